The summed E-state index contributed by atoms with van der Waals surface area (Å²) >= 11 is 0. The Morgan fingerprint density at radius 2 is 2.05 bits per heavy atom. The van der Waals surface area contributed by atoms with Crippen LogP contribution in [-0.4, -0.2) is 37.4 Å². The number of esters is 1. The normalized spacial score (nSPS) is 34.0. The van der Waals surface area contributed by atoms with E-state index in [9.17, 15) is 4.79 Å². The average molecular weight is 281 g/mol. The SMILES string of the molecule is COC(=O)C1(NC2CC2)CCCC(OCCC2CC2)C1. The summed E-state index contributed by atoms with van der Waals surface area (Å²) in [5, 5.41) is 3.54. The van der Waals surface area contributed by atoms with Crippen molar-refractivity contribution in [3.05, 3.63) is 0 Å². The van der Waals surface area contributed by atoms with Gasteiger partial charge in [0.25, 0.3) is 0 Å². The number of hydrogen-bond acceptors (Lipinski definition) is 4. The van der Waals surface area contributed by atoms with Gasteiger partial charge < -0.3 is 9.47 Å². The van der Waals surface area contributed by atoms with Crippen molar-refractivity contribution in [3.63, 3.8) is 0 Å². The van der Waals surface area contributed by atoms with Gasteiger partial charge >= 0.3 is 5.97 Å². The highest BCUT2D eigenvalue weighted by atomic mass is 16.5. The summed E-state index contributed by atoms with van der Waals surface area (Å²) in [7, 11) is 1.50. The summed E-state index contributed by atoms with van der Waals surface area (Å²) in [6.07, 6.45) is 10.3. The molecule has 4 heteroatoms. The number of rotatable bonds is 7. The van der Waals surface area contributed by atoms with Crippen molar-refractivity contribution >= 4 is 5.97 Å². The number of carbonyl (C=O) groups is 1. The average Bonchev–Trinajstić information content (AvgIpc) is 3.34. The van der Waals surface area contributed by atoms with Crippen LogP contribution < -0.4 is 5.32 Å². The number of methoxy groups -OCH3 is 1. The Kier molecular flexibility index (Phi) is 4.32. The predicted molar refractivity (Wildman–Crippen MR) is 76.5 cm³/mol. The molecule has 0 amide bonds. The van der Waals surface area contributed by atoms with Crippen LogP contribution in [0.4, 0.5) is 0 Å². The van der Waals surface area contributed by atoms with Crippen molar-refractivity contribution < 1.29 is 14.3 Å². The van der Waals surface area contributed by atoms with Gasteiger partial charge in [-0.25, -0.2) is 0 Å². The highest BCUT2D eigenvalue weighted by Crippen LogP contribution is 2.36. The topological polar surface area (TPSA) is 47.6 Å². The van der Waals surface area contributed by atoms with Crippen molar-refractivity contribution in [2.24, 2.45) is 5.92 Å². The zero-order valence-corrected chi connectivity index (χ0v) is 12.5. The lowest BCUT2D eigenvalue weighted by Crippen LogP contribution is -2.57. The van der Waals surface area contributed by atoms with E-state index in [1.165, 1.54) is 39.2 Å². The fourth-order valence-electron chi connectivity index (χ4n) is 3.36. The summed E-state index contributed by atoms with van der Waals surface area (Å²) in [5.41, 5.74) is -0.488. The van der Waals surface area contributed by atoms with E-state index in [4.69, 9.17) is 9.47 Å². The van der Waals surface area contributed by atoms with Gasteiger partial charge in [-0.2, -0.15) is 0 Å². The number of ether oxygens (including phenoxy) is 2. The van der Waals surface area contributed by atoms with E-state index in [1.54, 1.807) is 0 Å². The van der Waals surface area contributed by atoms with Gasteiger partial charge in [0.2, 0.25) is 0 Å². The van der Waals surface area contributed by atoms with Crippen LogP contribution in [0.1, 0.15) is 57.8 Å². The van der Waals surface area contributed by atoms with E-state index >= 15 is 0 Å². The van der Waals surface area contributed by atoms with Gasteiger partial charge in [0.1, 0.15) is 5.54 Å². The Balaban J connectivity index is 1.55. The molecule has 4 nitrogen and oxygen atoms in total. The molecule has 3 aliphatic carbocycles. The van der Waals surface area contributed by atoms with E-state index in [0.717, 1.165) is 38.2 Å². The summed E-state index contributed by atoms with van der Waals surface area (Å²) < 4.78 is 11.1. The van der Waals surface area contributed by atoms with Crippen molar-refractivity contribution in [1.82, 2.24) is 5.32 Å². The second kappa shape index (κ2) is 6.02. The molecule has 1 N–H and O–H groups in total. The van der Waals surface area contributed by atoms with Crippen molar-refractivity contribution in [1.29, 1.82) is 0 Å². The van der Waals surface area contributed by atoms with Crippen molar-refractivity contribution in [2.45, 2.75) is 75.5 Å². The second-order valence-electron chi connectivity index (χ2n) is 6.81. The predicted octanol–water partition coefficient (Wildman–Crippen LogP) is 2.41. The van der Waals surface area contributed by atoms with Crippen LogP contribution in [0.3, 0.4) is 0 Å². The highest BCUT2D eigenvalue weighted by molar-refractivity contribution is 5.81. The van der Waals surface area contributed by atoms with Gasteiger partial charge in [0.15, 0.2) is 0 Å². The van der Waals surface area contributed by atoms with Crippen molar-refractivity contribution in [2.75, 3.05) is 13.7 Å². The molecule has 0 saturated heterocycles. The minimum absolute atomic E-state index is 0.0973. The molecule has 0 aromatic carbocycles. The number of hydrogen-bond donors (Lipinski definition) is 1. The van der Waals surface area contributed by atoms with Crippen LogP contribution in [0.15, 0.2) is 0 Å². The molecule has 0 spiro atoms. The van der Waals surface area contributed by atoms with Crippen LogP contribution in [0, 0.1) is 5.92 Å². The highest BCUT2D eigenvalue weighted by Gasteiger charge is 2.47. The van der Waals surface area contributed by atoms with Crippen LogP contribution in [-0.2, 0) is 14.3 Å². The van der Waals surface area contributed by atoms with E-state index in [0.29, 0.717) is 6.04 Å². The van der Waals surface area contributed by atoms with Gasteiger partial charge in [0, 0.05) is 19.1 Å². The molecule has 20 heavy (non-hydrogen) atoms. The third-order valence-electron chi connectivity index (χ3n) is 4.92. The molecule has 2 unspecified atom stereocenters. The molecule has 3 fully saturated rings. The molecule has 3 saturated carbocycles. The molecular weight excluding hydrogens is 254 g/mol. The van der Waals surface area contributed by atoms with E-state index in [1.807, 2.05) is 0 Å². The van der Waals surface area contributed by atoms with Gasteiger partial charge in [0.05, 0.1) is 13.2 Å². The maximum absolute atomic E-state index is 12.2. The first-order valence-corrected chi connectivity index (χ1v) is 8.19. The quantitative estimate of drug-likeness (QED) is 0.728. The Bertz CT molecular complexity index is 352. The van der Waals surface area contributed by atoms with E-state index < -0.39 is 5.54 Å². The fraction of sp³-hybridized carbons (Fsp3) is 0.938. The summed E-state index contributed by atoms with van der Waals surface area (Å²) in [4.78, 5) is 12.2. The molecule has 0 bridgehead atoms. The maximum Gasteiger partial charge on any atom is 0.326 e. The fourth-order valence-corrected chi connectivity index (χ4v) is 3.36. The number of carbonyl (C=O) groups excluding carboxylic acids is 1. The third kappa shape index (κ3) is 3.53. The van der Waals surface area contributed by atoms with Gasteiger partial charge in [-0.05, 0) is 44.4 Å². The molecule has 0 heterocycles. The molecule has 3 aliphatic rings. The minimum Gasteiger partial charge on any atom is -0.468 e. The largest absolute Gasteiger partial charge is 0.468 e. The molecule has 114 valence electrons. The Morgan fingerprint density at radius 3 is 2.70 bits per heavy atom. The standard InChI is InChI=1S/C16H27NO3/c1-19-15(18)16(17-13-6-7-13)9-2-3-14(11-16)20-10-8-12-4-5-12/h12-14,17H,2-11H2,1H3. The molecule has 0 aliphatic heterocycles. The monoisotopic (exact) mass is 281 g/mol. The molecule has 2 atom stereocenters. The lowest BCUT2D eigenvalue weighted by molar-refractivity contribution is -0.153. The third-order valence-corrected chi connectivity index (χ3v) is 4.92. The lowest BCUT2D eigenvalue weighted by atomic mass is 9.79. The molecule has 3 rings (SSSR count). The van der Waals surface area contributed by atoms with Gasteiger partial charge in [-0.1, -0.05) is 12.8 Å². The van der Waals surface area contributed by atoms with Gasteiger partial charge in [-0.15, -0.1) is 0 Å². The Hall–Kier alpha value is -0.610. The van der Waals surface area contributed by atoms with E-state index in [2.05, 4.69) is 5.32 Å². The molecule has 0 aromatic rings. The maximum atomic E-state index is 12.2. The first kappa shape index (κ1) is 14.3. The van der Waals surface area contributed by atoms with E-state index in [-0.39, 0.29) is 12.1 Å². The van der Waals surface area contributed by atoms with Gasteiger partial charge in [-0.3, -0.25) is 10.1 Å². The van der Waals surface area contributed by atoms with Crippen LogP contribution in [0.25, 0.3) is 0 Å². The van der Waals surface area contributed by atoms with Crippen LogP contribution in [0.5, 0.6) is 0 Å². The van der Waals surface area contributed by atoms with Crippen LogP contribution >= 0.6 is 0 Å². The Labute approximate surface area is 121 Å². The summed E-state index contributed by atoms with van der Waals surface area (Å²) in [6.45, 7) is 0.857. The molecule has 0 aromatic heterocycles. The Morgan fingerprint density at radius 1 is 1.25 bits per heavy atom. The zero-order valence-electron chi connectivity index (χ0n) is 12.5. The molecular formula is C16H27NO3. The summed E-state index contributed by atoms with van der Waals surface area (Å²) in [5.74, 6) is 0.813. The zero-order chi connectivity index (χ0) is 14.0. The van der Waals surface area contributed by atoms with Crippen molar-refractivity contribution in [3.8, 4) is 0 Å². The smallest absolute Gasteiger partial charge is 0.326 e. The van der Waals surface area contributed by atoms with Crippen LogP contribution in [0.2, 0.25) is 0 Å². The lowest BCUT2D eigenvalue weighted by Gasteiger charge is -2.39. The first-order chi connectivity index (χ1) is 9.72. The number of nitrogens with one attached hydrogen (secondary N) is 1. The second-order valence-corrected chi connectivity index (χ2v) is 6.81. The molecule has 0 radical (unpaired) electrons. The summed E-state index contributed by atoms with van der Waals surface area (Å²) in [6, 6.07) is 0.513. The minimum atomic E-state index is -0.488. The first-order valence-electron chi connectivity index (χ1n) is 8.19.